The monoisotopic (exact) mass is 280 g/mol. The Balaban J connectivity index is 2.30. The number of halogens is 2. The van der Waals surface area contributed by atoms with Gasteiger partial charge in [0, 0.05) is 12.1 Å². The van der Waals surface area contributed by atoms with E-state index >= 15 is 0 Å². The summed E-state index contributed by atoms with van der Waals surface area (Å²) in [7, 11) is 1.75. The highest BCUT2D eigenvalue weighted by Crippen LogP contribution is 2.26. The average molecular weight is 281 g/mol. The Kier molecular flexibility index (Phi) is 3.85. The number of rotatable bonds is 3. The van der Waals surface area contributed by atoms with E-state index < -0.39 is 5.82 Å². The topological polar surface area (TPSA) is 55.0 Å². The van der Waals surface area contributed by atoms with E-state index in [9.17, 15) is 4.39 Å². The second-order valence-corrected chi connectivity index (χ2v) is 4.67. The zero-order chi connectivity index (χ0) is 14.0. The van der Waals surface area contributed by atoms with Gasteiger partial charge in [-0.3, -0.25) is 0 Å². The van der Waals surface area contributed by atoms with Crippen molar-refractivity contribution in [1.29, 1.82) is 0 Å². The molecule has 0 aliphatic rings. The Morgan fingerprint density at radius 1 is 1.32 bits per heavy atom. The molecular weight excluding hydrogens is 267 g/mol. The minimum Gasteiger partial charge on any atom is -0.368 e. The molecule has 2 rings (SSSR count). The van der Waals surface area contributed by atoms with Gasteiger partial charge in [-0.25, -0.2) is 9.37 Å². The smallest absolute Gasteiger partial charge is 0.222 e. The molecule has 1 unspecified atom stereocenters. The number of hydrogen-bond donors (Lipinski definition) is 1. The summed E-state index contributed by atoms with van der Waals surface area (Å²) in [6.45, 7) is 1.95. The third-order valence-corrected chi connectivity index (χ3v) is 3.26. The van der Waals surface area contributed by atoms with Crippen LogP contribution in [0.15, 0.2) is 30.5 Å². The van der Waals surface area contributed by atoms with Crippen molar-refractivity contribution in [3.05, 3.63) is 46.9 Å². The minimum absolute atomic E-state index is 0.0477. The summed E-state index contributed by atoms with van der Waals surface area (Å²) in [6, 6.07) is 7.32. The first-order valence-corrected chi connectivity index (χ1v) is 6.13. The highest BCUT2D eigenvalue weighted by molar-refractivity contribution is 6.30. The molecule has 4 nitrogen and oxygen atoms in total. The minimum atomic E-state index is -0.502. The van der Waals surface area contributed by atoms with Crippen LogP contribution >= 0.6 is 11.6 Å². The predicted molar refractivity (Wildman–Crippen MR) is 74.7 cm³/mol. The molecule has 0 amide bonds. The van der Waals surface area contributed by atoms with Gasteiger partial charge in [-0.05, 0) is 24.6 Å². The molecule has 6 heteroatoms. The first-order chi connectivity index (χ1) is 8.99. The number of nitrogen functional groups attached to an aromatic ring is 1. The van der Waals surface area contributed by atoms with Gasteiger partial charge in [-0.15, -0.1) is 0 Å². The first kappa shape index (κ1) is 13.5. The number of anilines is 2. The quantitative estimate of drug-likeness (QED) is 0.939. The maximum absolute atomic E-state index is 13.7. The van der Waals surface area contributed by atoms with E-state index in [2.05, 4.69) is 9.97 Å². The van der Waals surface area contributed by atoms with Crippen molar-refractivity contribution in [2.24, 2.45) is 0 Å². The van der Waals surface area contributed by atoms with E-state index in [0.717, 1.165) is 11.8 Å². The third kappa shape index (κ3) is 2.93. The second kappa shape index (κ2) is 5.40. The highest BCUT2D eigenvalue weighted by Gasteiger charge is 2.17. The molecule has 2 N–H and O–H groups in total. The van der Waals surface area contributed by atoms with Crippen LogP contribution < -0.4 is 10.6 Å². The van der Waals surface area contributed by atoms with Crippen LogP contribution in [0.3, 0.4) is 0 Å². The van der Waals surface area contributed by atoms with Crippen molar-refractivity contribution in [2.45, 2.75) is 13.0 Å². The zero-order valence-corrected chi connectivity index (χ0v) is 11.4. The molecule has 2 aromatic rings. The summed E-state index contributed by atoms with van der Waals surface area (Å²) in [4.78, 5) is 9.25. The van der Waals surface area contributed by atoms with Crippen LogP contribution in [-0.2, 0) is 0 Å². The number of aromatic nitrogens is 2. The molecule has 19 heavy (non-hydrogen) atoms. The van der Waals surface area contributed by atoms with Gasteiger partial charge in [0.1, 0.15) is 0 Å². The maximum Gasteiger partial charge on any atom is 0.222 e. The predicted octanol–water partition coefficient (Wildman–Crippen LogP) is 3.05. The molecule has 100 valence electrons. The van der Waals surface area contributed by atoms with Crippen LogP contribution in [0.1, 0.15) is 18.5 Å². The number of nitrogens with zero attached hydrogens (tertiary/aromatic N) is 3. The van der Waals surface area contributed by atoms with Gasteiger partial charge >= 0.3 is 0 Å². The largest absolute Gasteiger partial charge is 0.368 e. The molecule has 0 radical (unpaired) electrons. The van der Waals surface area contributed by atoms with Gasteiger partial charge in [-0.2, -0.15) is 4.98 Å². The third-order valence-electron chi connectivity index (χ3n) is 3.01. The molecule has 0 bridgehead atoms. The van der Waals surface area contributed by atoms with E-state index in [0.29, 0.717) is 5.02 Å². The van der Waals surface area contributed by atoms with Crippen molar-refractivity contribution in [3.8, 4) is 0 Å². The van der Waals surface area contributed by atoms with Gasteiger partial charge in [0.15, 0.2) is 11.6 Å². The van der Waals surface area contributed by atoms with E-state index in [1.54, 1.807) is 24.1 Å². The Morgan fingerprint density at radius 2 is 1.95 bits per heavy atom. The Morgan fingerprint density at radius 3 is 2.58 bits per heavy atom. The maximum atomic E-state index is 13.7. The lowest BCUT2D eigenvalue weighted by Gasteiger charge is -2.26. The molecule has 0 fully saturated rings. The summed E-state index contributed by atoms with van der Waals surface area (Å²) < 4.78 is 13.7. The molecule has 1 atom stereocenters. The van der Waals surface area contributed by atoms with Crippen LogP contribution in [0.4, 0.5) is 16.2 Å². The van der Waals surface area contributed by atoms with E-state index in [-0.39, 0.29) is 17.8 Å². The van der Waals surface area contributed by atoms with Gasteiger partial charge in [-0.1, -0.05) is 23.7 Å². The molecule has 0 aliphatic heterocycles. The lowest BCUT2D eigenvalue weighted by Crippen LogP contribution is -2.24. The summed E-state index contributed by atoms with van der Waals surface area (Å²) >= 11 is 5.85. The van der Waals surface area contributed by atoms with E-state index in [4.69, 9.17) is 17.3 Å². The van der Waals surface area contributed by atoms with Gasteiger partial charge < -0.3 is 10.6 Å². The molecular formula is C13H14ClFN4. The van der Waals surface area contributed by atoms with E-state index in [1.165, 1.54) is 0 Å². The number of nitrogens with two attached hydrogens (primary N) is 1. The molecule has 0 spiro atoms. The fraction of sp³-hybridized carbons (Fsp3) is 0.231. The molecule has 1 aromatic carbocycles. The fourth-order valence-corrected chi connectivity index (χ4v) is 1.89. The Bertz CT molecular complexity index is 573. The first-order valence-electron chi connectivity index (χ1n) is 5.75. The Labute approximate surface area is 116 Å². The summed E-state index contributed by atoms with van der Waals surface area (Å²) in [5.41, 5.74) is 6.49. The summed E-state index contributed by atoms with van der Waals surface area (Å²) in [6.07, 6.45) is 1.07. The summed E-state index contributed by atoms with van der Waals surface area (Å²) in [5, 5.41) is 0.663. The Hall–Kier alpha value is -1.88. The standard InChI is InChI=1S/C13H14ClFN4/c1-8(9-3-5-10(14)6-4-9)19(2)12-11(15)7-17-13(16)18-12/h3-8H,1-2H3,(H2,16,17,18). The molecule has 1 aromatic heterocycles. The normalized spacial score (nSPS) is 12.2. The number of hydrogen-bond acceptors (Lipinski definition) is 4. The van der Waals surface area contributed by atoms with Gasteiger partial charge in [0.05, 0.1) is 12.2 Å². The van der Waals surface area contributed by atoms with Crippen molar-refractivity contribution in [3.63, 3.8) is 0 Å². The molecule has 0 saturated carbocycles. The van der Waals surface area contributed by atoms with Crippen LogP contribution in [0.5, 0.6) is 0 Å². The van der Waals surface area contributed by atoms with Crippen LogP contribution in [0.2, 0.25) is 5.02 Å². The van der Waals surface area contributed by atoms with Crippen LogP contribution in [0.25, 0.3) is 0 Å². The van der Waals surface area contributed by atoms with Crippen molar-refractivity contribution >= 4 is 23.4 Å². The van der Waals surface area contributed by atoms with Crippen molar-refractivity contribution in [1.82, 2.24) is 9.97 Å². The zero-order valence-electron chi connectivity index (χ0n) is 10.6. The second-order valence-electron chi connectivity index (χ2n) is 4.24. The summed E-state index contributed by atoms with van der Waals surface area (Å²) in [5.74, 6) is -0.279. The van der Waals surface area contributed by atoms with Crippen LogP contribution in [-0.4, -0.2) is 17.0 Å². The van der Waals surface area contributed by atoms with Crippen LogP contribution in [0, 0.1) is 5.82 Å². The van der Waals surface area contributed by atoms with Crippen molar-refractivity contribution < 1.29 is 4.39 Å². The lowest BCUT2D eigenvalue weighted by molar-refractivity contribution is 0.596. The van der Waals surface area contributed by atoms with Gasteiger partial charge in [0.2, 0.25) is 5.95 Å². The highest BCUT2D eigenvalue weighted by atomic mass is 35.5. The van der Waals surface area contributed by atoms with Gasteiger partial charge in [0.25, 0.3) is 0 Å². The fourth-order valence-electron chi connectivity index (χ4n) is 1.77. The SMILES string of the molecule is CC(c1ccc(Cl)cc1)N(C)c1nc(N)ncc1F. The van der Waals surface area contributed by atoms with Crippen molar-refractivity contribution in [2.75, 3.05) is 17.7 Å². The molecule has 1 heterocycles. The molecule has 0 saturated heterocycles. The average Bonchev–Trinajstić information content (AvgIpc) is 2.41. The lowest BCUT2D eigenvalue weighted by atomic mass is 10.1. The van der Waals surface area contributed by atoms with E-state index in [1.807, 2.05) is 19.1 Å². The number of benzene rings is 1. The molecule has 0 aliphatic carbocycles.